The lowest BCUT2D eigenvalue weighted by molar-refractivity contribution is -0.0667. The summed E-state index contributed by atoms with van der Waals surface area (Å²) in [7, 11) is -1.23. The molecule has 0 unspecified atom stereocenters. The quantitative estimate of drug-likeness (QED) is 0.406. The Bertz CT molecular complexity index is 531. The normalized spacial score (nSPS) is 26.2. The van der Waals surface area contributed by atoms with Gasteiger partial charge in [0.15, 0.2) is 5.96 Å². The average molecular weight is 444 g/mol. The smallest absolute Gasteiger partial charge is 0.214 e. The lowest BCUT2D eigenvalue weighted by Crippen LogP contribution is -2.72. The Labute approximate surface area is 151 Å². The van der Waals surface area contributed by atoms with Crippen LogP contribution in [0.2, 0.25) is 0 Å². The minimum absolute atomic E-state index is 0. The average Bonchev–Trinajstić information content (AvgIpc) is 2.72. The van der Waals surface area contributed by atoms with E-state index in [9.17, 15) is 8.42 Å². The second kappa shape index (κ2) is 6.80. The van der Waals surface area contributed by atoms with Crippen molar-refractivity contribution in [2.45, 2.75) is 39.7 Å². The summed E-state index contributed by atoms with van der Waals surface area (Å²) in [4.78, 5) is 6.59. The highest BCUT2D eigenvalue weighted by Gasteiger charge is 2.53. The number of sulfonamides is 1. The van der Waals surface area contributed by atoms with E-state index in [0.717, 1.165) is 18.9 Å². The molecule has 2 rings (SSSR count). The van der Waals surface area contributed by atoms with Crippen molar-refractivity contribution < 1.29 is 8.42 Å². The van der Waals surface area contributed by atoms with Crippen LogP contribution in [-0.2, 0) is 10.0 Å². The predicted octanol–water partition coefficient (Wildman–Crippen LogP) is 1.34. The Morgan fingerprint density at radius 1 is 1.27 bits per heavy atom. The molecule has 0 radical (unpaired) electrons. The van der Waals surface area contributed by atoms with E-state index in [0.29, 0.717) is 19.6 Å². The number of likely N-dealkylation sites (tertiary alicyclic amines) is 1. The highest BCUT2D eigenvalue weighted by Crippen LogP contribution is 2.46. The molecule has 0 amide bonds. The Balaban J connectivity index is 0.00000242. The molecule has 2 saturated heterocycles. The van der Waals surface area contributed by atoms with Crippen LogP contribution in [0.4, 0.5) is 0 Å². The molecule has 22 heavy (non-hydrogen) atoms. The zero-order valence-corrected chi connectivity index (χ0v) is 17.4. The van der Waals surface area contributed by atoms with Gasteiger partial charge >= 0.3 is 0 Å². The number of guanidine groups is 1. The van der Waals surface area contributed by atoms with Gasteiger partial charge in [0.25, 0.3) is 0 Å². The fraction of sp³-hybridized carbons (Fsp3) is 0.929. The molecule has 2 aliphatic heterocycles. The zero-order valence-electron chi connectivity index (χ0n) is 14.2. The van der Waals surface area contributed by atoms with Gasteiger partial charge in [0.1, 0.15) is 0 Å². The van der Waals surface area contributed by atoms with Crippen molar-refractivity contribution in [1.29, 1.82) is 0 Å². The van der Waals surface area contributed by atoms with Gasteiger partial charge in [-0.1, -0.05) is 13.8 Å². The maximum Gasteiger partial charge on any atom is 0.214 e. The van der Waals surface area contributed by atoms with E-state index in [1.165, 1.54) is 0 Å². The Kier molecular flexibility index (Phi) is 6.17. The van der Waals surface area contributed by atoms with E-state index in [1.807, 2.05) is 0 Å². The van der Waals surface area contributed by atoms with Crippen molar-refractivity contribution in [3.05, 3.63) is 0 Å². The molecule has 0 aromatic rings. The summed E-state index contributed by atoms with van der Waals surface area (Å²) >= 11 is 0. The molecule has 130 valence electrons. The summed E-state index contributed by atoms with van der Waals surface area (Å²) in [6.45, 7) is 11.7. The third kappa shape index (κ3) is 3.53. The van der Waals surface area contributed by atoms with Crippen molar-refractivity contribution in [1.82, 2.24) is 14.5 Å². The number of nitrogens with one attached hydrogen (secondary N) is 1. The number of rotatable bonds is 3. The first-order valence-electron chi connectivity index (χ1n) is 7.58. The number of halogens is 1. The van der Waals surface area contributed by atoms with Gasteiger partial charge < -0.3 is 10.2 Å². The highest BCUT2D eigenvalue weighted by molar-refractivity contribution is 14.0. The number of hydrogen-bond acceptors (Lipinski definition) is 3. The van der Waals surface area contributed by atoms with Crippen molar-refractivity contribution in [3.63, 3.8) is 0 Å². The minimum Gasteiger partial charge on any atom is -0.355 e. The van der Waals surface area contributed by atoms with Gasteiger partial charge in [-0.25, -0.2) is 12.7 Å². The summed E-state index contributed by atoms with van der Waals surface area (Å²) in [5, 5.41) is 3.30. The Hall–Kier alpha value is -0.0900. The molecule has 1 N–H and O–H groups in total. The van der Waals surface area contributed by atoms with Crippen LogP contribution in [-0.4, -0.2) is 68.1 Å². The summed E-state index contributed by atoms with van der Waals surface area (Å²) in [6, 6.07) is 0. The molecule has 6 nitrogen and oxygen atoms in total. The lowest BCUT2D eigenvalue weighted by Gasteiger charge is -2.62. The van der Waals surface area contributed by atoms with E-state index >= 15 is 0 Å². The molecule has 0 atom stereocenters. The van der Waals surface area contributed by atoms with Crippen molar-refractivity contribution in [2.75, 3.05) is 39.0 Å². The molecule has 8 heteroatoms. The first-order chi connectivity index (χ1) is 9.62. The third-order valence-corrected chi connectivity index (χ3v) is 7.16. The van der Waals surface area contributed by atoms with Crippen molar-refractivity contribution in [3.8, 4) is 0 Å². The van der Waals surface area contributed by atoms with E-state index in [2.05, 4.69) is 42.9 Å². The Morgan fingerprint density at radius 3 is 2.32 bits per heavy atom. The van der Waals surface area contributed by atoms with Gasteiger partial charge in [-0.05, 0) is 20.3 Å². The molecule has 0 aliphatic carbocycles. The van der Waals surface area contributed by atoms with Crippen LogP contribution in [0, 0.1) is 5.41 Å². The van der Waals surface area contributed by atoms with E-state index in [-0.39, 0.29) is 40.7 Å². The molecule has 0 spiro atoms. The fourth-order valence-electron chi connectivity index (χ4n) is 2.93. The first kappa shape index (κ1) is 20.0. The lowest BCUT2D eigenvalue weighted by atomic mass is 9.65. The number of nitrogens with zero attached hydrogens (tertiary/aromatic N) is 3. The summed E-state index contributed by atoms with van der Waals surface area (Å²) in [5.74, 6) is 1.14. The molecular formula is C14H29IN4O2S. The van der Waals surface area contributed by atoms with Gasteiger partial charge in [0, 0.05) is 44.2 Å². The number of hydrogen-bond donors (Lipinski definition) is 1. The van der Waals surface area contributed by atoms with Gasteiger partial charge in [-0.2, -0.15) is 0 Å². The predicted molar refractivity (Wildman–Crippen MR) is 101 cm³/mol. The minimum atomic E-state index is -3.01. The van der Waals surface area contributed by atoms with Gasteiger partial charge in [0.05, 0.1) is 5.75 Å². The Morgan fingerprint density at radius 2 is 1.91 bits per heavy atom. The second-order valence-electron chi connectivity index (χ2n) is 7.07. The van der Waals surface area contributed by atoms with Gasteiger partial charge in [-0.15, -0.1) is 24.0 Å². The molecule has 0 bridgehead atoms. The summed E-state index contributed by atoms with van der Waals surface area (Å²) < 4.78 is 25.1. The van der Waals surface area contributed by atoms with Crippen molar-refractivity contribution >= 4 is 40.0 Å². The van der Waals surface area contributed by atoms with E-state index < -0.39 is 10.0 Å². The summed E-state index contributed by atoms with van der Waals surface area (Å²) in [5.41, 5.74) is 0.303. The van der Waals surface area contributed by atoms with Crippen LogP contribution in [0.1, 0.15) is 34.1 Å². The van der Waals surface area contributed by atoms with Crippen LogP contribution in [0.25, 0.3) is 0 Å². The van der Waals surface area contributed by atoms with Crippen LogP contribution >= 0.6 is 24.0 Å². The maximum absolute atomic E-state index is 11.8. The molecule has 0 aromatic carbocycles. The van der Waals surface area contributed by atoms with E-state index in [1.54, 1.807) is 11.4 Å². The first-order valence-corrected chi connectivity index (χ1v) is 9.19. The van der Waals surface area contributed by atoms with Gasteiger partial charge in [0.2, 0.25) is 10.0 Å². The largest absolute Gasteiger partial charge is 0.355 e. The fourth-order valence-corrected chi connectivity index (χ4v) is 4.46. The second-order valence-corrected chi connectivity index (χ2v) is 9.16. The highest BCUT2D eigenvalue weighted by atomic mass is 127. The van der Waals surface area contributed by atoms with E-state index in [4.69, 9.17) is 0 Å². The monoisotopic (exact) mass is 444 g/mol. The molecule has 0 aromatic heterocycles. The maximum atomic E-state index is 11.8. The molecule has 2 aliphatic rings. The zero-order chi connectivity index (χ0) is 15.9. The van der Waals surface area contributed by atoms with Crippen molar-refractivity contribution in [2.24, 2.45) is 10.4 Å². The molecule has 2 fully saturated rings. The third-order valence-electron chi connectivity index (χ3n) is 5.20. The number of aliphatic imine (C=N–C) groups is 1. The summed E-state index contributed by atoms with van der Waals surface area (Å²) in [6.07, 6.45) is 0.740. The molecule has 2 heterocycles. The van der Waals surface area contributed by atoms with Crippen LogP contribution in [0.3, 0.4) is 0 Å². The van der Waals surface area contributed by atoms with Crippen LogP contribution in [0.15, 0.2) is 4.99 Å². The molecular weight excluding hydrogens is 415 g/mol. The van der Waals surface area contributed by atoms with Crippen LogP contribution < -0.4 is 5.32 Å². The SMILES string of the molecule is CN=C(NCCN1CCCS1(=O)=O)N1CC(C)(C)C1(C)C.I. The topological polar surface area (TPSA) is 65.0 Å². The standard InChI is InChI=1S/C14H28N4O2S.HI/c1-13(2)11-18(14(13,3)4)12(15-5)16-7-9-17-8-6-10-21(17,19)20;/h6-11H2,1-5H3,(H,15,16);1H. The molecule has 0 saturated carbocycles. The van der Waals surface area contributed by atoms with Crippen LogP contribution in [0.5, 0.6) is 0 Å². The van der Waals surface area contributed by atoms with Gasteiger partial charge in [-0.3, -0.25) is 4.99 Å².